The van der Waals surface area contributed by atoms with E-state index in [9.17, 15) is 9.18 Å². The summed E-state index contributed by atoms with van der Waals surface area (Å²) in [5.74, 6) is 0.416. The first kappa shape index (κ1) is 18.4. The molecule has 0 saturated carbocycles. The van der Waals surface area contributed by atoms with Gasteiger partial charge < -0.3 is 10.6 Å². The molecule has 3 nitrogen and oxygen atoms in total. The molecule has 26 heavy (non-hydrogen) atoms. The Morgan fingerprint density at radius 1 is 1.08 bits per heavy atom. The Hall–Kier alpha value is -2.36. The van der Waals surface area contributed by atoms with Crippen LogP contribution < -0.4 is 10.6 Å². The fourth-order valence-electron chi connectivity index (χ4n) is 3.74. The first-order chi connectivity index (χ1) is 12.4. The van der Waals surface area contributed by atoms with Gasteiger partial charge in [0.2, 0.25) is 0 Å². The molecule has 0 aliphatic heterocycles. The number of amides is 2. The lowest BCUT2D eigenvalue weighted by Crippen LogP contribution is -2.32. The third-order valence-electron chi connectivity index (χ3n) is 5.10. The Morgan fingerprint density at radius 2 is 1.73 bits per heavy atom. The number of carbonyl (C=O) groups is 1. The van der Waals surface area contributed by atoms with Gasteiger partial charge in [-0.1, -0.05) is 52.0 Å². The Morgan fingerprint density at radius 3 is 2.35 bits per heavy atom. The van der Waals surface area contributed by atoms with E-state index in [1.807, 2.05) is 0 Å². The maximum atomic E-state index is 13.4. The van der Waals surface area contributed by atoms with Crippen LogP contribution in [0.2, 0.25) is 0 Å². The Kier molecular flexibility index (Phi) is 5.30. The molecule has 1 aliphatic rings. The topological polar surface area (TPSA) is 41.1 Å². The van der Waals surface area contributed by atoms with E-state index < -0.39 is 0 Å². The molecule has 3 rings (SSSR count). The largest absolute Gasteiger partial charge is 0.331 e. The van der Waals surface area contributed by atoms with E-state index in [0.29, 0.717) is 11.8 Å². The Bertz CT molecular complexity index is 788. The number of carbonyl (C=O) groups excluding carboxylic acids is 1. The maximum Gasteiger partial charge on any atom is 0.319 e. The lowest BCUT2D eigenvalue weighted by atomic mass is 9.93. The summed E-state index contributed by atoms with van der Waals surface area (Å²) in [5, 5.41) is 6.15. The summed E-state index contributed by atoms with van der Waals surface area (Å²) in [5.41, 5.74) is 5.19. The zero-order chi connectivity index (χ0) is 18.8. The van der Waals surface area contributed by atoms with Gasteiger partial charge >= 0.3 is 6.03 Å². The number of halogens is 1. The molecule has 0 bridgehead atoms. The number of benzene rings is 2. The van der Waals surface area contributed by atoms with Gasteiger partial charge in [-0.05, 0) is 59.1 Å². The number of hydrogen-bond donors (Lipinski definition) is 2. The van der Waals surface area contributed by atoms with E-state index in [4.69, 9.17) is 0 Å². The van der Waals surface area contributed by atoms with Crippen LogP contribution in [0.25, 0.3) is 0 Å². The van der Waals surface area contributed by atoms with Crippen molar-refractivity contribution in [2.45, 2.75) is 58.4 Å². The molecule has 0 saturated heterocycles. The van der Waals surface area contributed by atoms with Gasteiger partial charge in [0.25, 0.3) is 0 Å². The molecule has 0 radical (unpaired) electrons. The van der Waals surface area contributed by atoms with Crippen molar-refractivity contribution < 1.29 is 9.18 Å². The zero-order valence-electron chi connectivity index (χ0n) is 15.9. The first-order valence-electron chi connectivity index (χ1n) is 9.35. The van der Waals surface area contributed by atoms with Gasteiger partial charge in [-0.25, -0.2) is 9.18 Å². The average Bonchev–Trinajstić information content (AvgIpc) is 2.96. The minimum Gasteiger partial charge on any atom is -0.331 e. The molecule has 0 aromatic heterocycles. The van der Waals surface area contributed by atoms with E-state index in [-0.39, 0.29) is 17.9 Å². The Balaban J connectivity index is 1.80. The van der Waals surface area contributed by atoms with E-state index in [1.54, 1.807) is 12.1 Å². The highest BCUT2D eigenvalue weighted by Gasteiger charge is 2.25. The average molecular weight is 354 g/mol. The van der Waals surface area contributed by atoms with Crippen LogP contribution in [0.15, 0.2) is 36.4 Å². The van der Waals surface area contributed by atoms with Crippen LogP contribution in [0.1, 0.15) is 74.2 Å². The highest BCUT2D eigenvalue weighted by molar-refractivity contribution is 5.91. The summed E-state index contributed by atoms with van der Waals surface area (Å²) in [6.45, 7) is 8.52. The molecule has 0 fully saturated rings. The van der Waals surface area contributed by atoms with Gasteiger partial charge in [0.05, 0.1) is 6.04 Å². The van der Waals surface area contributed by atoms with Crippen molar-refractivity contribution in [1.82, 2.24) is 5.32 Å². The minimum absolute atomic E-state index is 0.0701. The van der Waals surface area contributed by atoms with Gasteiger partial charge in [-0.2, -0.15) is 0 Å². The summed E-state index contributed by atoms with van der Waals surface area (Å²) < 4.78 is 13.4. The highest BCUT2D eigenvalue weighted by Crippen LogP contribution is 2.34. The number of nitrogens with one attached hydrogen (secondary N) is 2. The molecule has 2 aromatic rings. The number of rotatable bonds is 4. The fourth-order valence-corrected chi connectivity index (χ4v) is 3.74. The maximum absolute atomic E-state index is 13.4. The van der Waals surface area contributed by atoms with Crippen molar-refractivity contribution in [2.75, 3.05) is 5.32 Å². The SMILES string of the molecule is CC(C)c1cccc(C(C)C)c1NC(=O)N[C@H]1CCc2cc(F)ccc21. The zero-order valence-corrected chi connectivity index (χ0v) is 15.9. The van der Waals surface area contributed by atoms with Crippen molar-refractivity contribution in [2.24, 2.45) is 0 Å². The standard InChI is InChI=1S/C22H27FN2O/c1-13(2)17-6-5-7-18(14(3)4)21(17)25-22(26)24-20-11-8-15-12-16(23)9-10-19(15)20/h5-7,9-10,12-14,20H,8,11H2,1-4H3,(H2,24,25,26)/t20-/m0/s1. The molecule has 2 amide bonds. The van der Waals surface area contributed by atoms with Gasteiger partial charge in [0.15, 0.2) is 0 Å². The molecule has 2 N–H and O–H groups in total. The molecule has 4 heteroatoms. The fraction of sp³-hybridized carbons (Fsp3) is 0.409. The second-order valence-corrected chi connectivity index (χ2v) is 7.65. The van der Waals surface area contributed by atoms with Crippen LogP contribution in [0.4, 0.5) is 14.9 Å². The quantitative estimate of drug-likeness (QED) is 0.707. The Labute approximate surface area is 155 Å². The van der Waals surface area contributed by atoms with Crippen LogP contribution in [0, 0.1) is 5.82 Å². The summed E-state index contributed by atoms with van der Waals surface area (Å²) in [6, 6.07) is 10.7. The third kappa shape index (κ3) is 3.74. The minimum atomic E-state index is -0.221. The molecule has 1 aliphatic carbocycles. The molecule has 0 unspecified atom stereocenters. The second kappa shape index (κ2) is 7.48. The molecule has 0 heterocycles. The monoisotopic (exact) mass is 354 g/mol. The summed E-state index contributed by atoms with van der Waals surface area (Å²) in [7, 11) is 0. The van der Waals surface area contributed by atoms with Crippen LogP contribution in [0.5, 0.6) is 0 Å². The number of urea groups is 1. The first-order valence-corrected chi connectivity index (χ1v) is 9.35. The van der Waals surface area contributed by atoms with Crippen LogP contribution >= 0.6 is 0 Å². The normalized spacial score (nSPS) is 16.0. The smallest absolute Gasteiger partial charge is 0.319 e. The third-order valence-corrected chi connectivity index (χ3v) is 5.10. The summed E-state index contributed by atoms with van der Waals surface area (Å²) in [4.78, 5) is 12.7. The van der Waals surface area contributed by atoms with E-state index in [2.05, 4.69) is 56.5 Å². The van der Waals surface area contributed by atoms with Gasteiger partial charge in [-0.3, -0.25) is 0 Å². The van der Waals surface area contributed by atoms with Gasteiger partial charge in [0, 0.05) is 5.69 Å². The molecule has 138 valence electrons. The predicted molar refractivity (Wildman–Crippen MR) is 104 cm³/mol. The van der Waals surface area contributed by atoms with E-state index in [1.165, 1.54) is 6.07 Å². The summed E-state index contributed by atoms with van der Waals surface area (Å²) >= 11 is 0. The van der Waals surface area contributed by atoms with E-state index >= 15 is 0 Å². The lowest BCUT2D eigenvalue weighted by Gasteiger charge is -2.22. The van der Waals surface area contributed by atoms with E-state index in [0.717, 1.165) is 40.8 Å². The number of anilines is 1. The molecule has 1 atom stereocenters. The lowest BCUT2D eigenvalue weighted by molar-refractivity contribution is 0.248. The van der Waals surface area contributed by atoms with Crippen molar-refractivity contribution >= 4 is 11.7 Å². The second-order valence-electron chi connectivity index (χ2n) is 7.65. The summed E-state index contributed by atoms with van der Waals surface area (Å²) in [6.07, 6.45) is 1.59. The van der Waals surface area contributed by atoms with Gasteiger partial charge in [0.1, 0.15) is 5.82 Å². The molecule has 2 aromatic carbocycles. The van der Waals surface area contributed by atoms with Crippen molar-refractivity contribution in [1.29, 1.82) is 0 Å². The van der Waals surface area contributed by atoms with Crippen LogP contribution in [0.3, 0.4) is 0 Å². The molecular weight excluding hydrogens is 327 g/mol. The number of fused-ring (bicyclic) bond motifs is 1. The highest BCUT2D eigenvalue weighted by atomic mass is 19.1. The van der Waals surface area contributed by atoms with Crippen molar-refractivity contribution in [3.8, 4) is 0 Å². The molecule has 0 spiro atoms. The molecular formula is C22H27FN2O. The van der Waals surface area contributed by atoms with Crippen molar-refractivity contribution in [3.63, 3.8) is 0 Å². The number of aryl methyl sites for hydroxylation is 1. The van der Waals surface area contributed by atoms with Crippen LogP contribution in [-0.2, 0) is 6.42 Å². The predicted octanol–water partition coefficient (Wildman–Crippen LogP) is 5.88. The van der Waals surface area contributed by atoms with Gasteiger partial charge in [-0.15, -0.1) is 0 Å². The number of para-hydroxylation sites is 1. The number of hydrogen-bond acceptors (Lipinski definition) is 1. The van der Waals surface area contributed by atoms with Crippen molar-refractivity contribution in [3.05, 3.63) is 64.5 Å². The van der Waals surface area contributed by atoms with Crippen LogP contribution in [-0.4, -0.2) is 6.03 Å².